The molecule has 1 fully saturated rings. The van der Waals surface area contributed by atoms with E-state index in [9.17, 15) is 19.7 Å². The highest BCUT2D eigenvalue weighted by Crippen LogP contribution is 2.20. The summed E-state index contributed by atoms with van der Waals surface area (Å²) in [5, 5.41) is 13.2. The number of anilines is 1. The van der Waals surface area contributed by atoms with Gasteiger partial charge in [0.25, 0.3) is 5.69 Å². The van der Waals surface area contributed by atoms with Gasteiger partial charge in [0.05, 0.1) is 18.0 Å². The van der Waals surface area contributed by atoms with Crippen molar-refractivity contribution in [3.8, 4) is 0 Å². The molecule has 8 heteroatoms. The molecule has 8 nitrogen and oxygen atoms in total. The minimum absolute atomic E-state index is 0.0307. The van der Waals surface area contributed by atoms with Gasteiger partial charge in [0.1, 0.15) is 0 Å². The molecule has 0 bridgehead atoms. The number of carbonyl (C=O) groups is 2. The lowest BCUT2D eigenvalue weighted by Crippen LogP contribution is -2.42. The van der Waals surface area contributed by atoms with Crippen LogP contribution >= 0.6 is 0 Å². The molecule has 2 amide bonds. The molecule has 1 aliphatic rings. The summed E-state index contributed by atoms with van der Waals surface area (Å²) < 4.78 is 4.70. The van der Waals surface area contributed by atoms with Crippen molar-refractivity contribution >= 4 is 23.4 Å². The van der Waals surface area contributed by atoms with Gasteiger partial charge in [0, 0.05) is 30.9 Å². The zero-order chi connectivity index (χ0) is 16.1. The average Bonchev–Trinajstić information content (AvgIpc) is 2.54. The Hall–Kier alpha value is -2.64. The number of likely N-dealkylation sites (tertiary alicyclic amines) is 1. The summed E-state index contributed by atoms with van der Waals surface area (Å²) in [7, 11) is 1.36. The van der Waals surface area contributed by atoms with Crippen molar-refractivity contribution < 1.29 is 19.2 Å². The van der Waals surface area contributed by atoms with Crippen molar-refractivity contribution in [3.63, 3.8) is 0 Å². The van der Waals surface area contributed by atoms with E-state index < -0.39 is 4.92 Å². The second-order valence-corrected chi connectivity index (χ2v) is 5.02. The first kappa shape index (κ1) is 15.7. The number of nitrogens with one attached hydrogen (secondary N) is 1. The Balaban J connectivity index is 1.88. The van der Waals surface area contributed by atoms with Gasteiger partial charge in [-0.3, -0.25) is 14.9 Å². The Kier molecular flexibility index (Phi) is 4.92. The fourth-order valence-corrected chi connectivity index (χ4v) is 2.35. The van der Waals surface area contributed by atoms with Crippen LogP contribution in [0.2, 0.25) is 0 Å². The van der Waals surface area contributed by atoms with E-state index in [-0.39, 0.29) is 23.6 Å². The van der Waals surface area contributed by atoms with Gasteiger partial charge < -0.3 is 15.0 Å². The molecule has 0 radical (unpaired) electrons. The maximum absolute atomic E-state index is 12.1. The average molecular weight is 307 g/mol. The van der Waals surface area contributed by atoms with Crippen LogP contribution in [0.5, 0.6) is 0 Å². The topological polar surface area (TPSA) is 102 Å². The van der Waals surface area contributed by atoms with Crippen LogP contribution in [0.25, 0.3) is 0 Å². The highest BCUT2D eigenvalue weighted by Gasteiger charge is 2.27. The summed E-state index contributed by atoms with van der Waals surface area (Å²) in [6.45, 7) is 0.942. The number of urea groups is 1. The lowest BCUT2D eigenvalue weighted by Gasteiger charge is -2.30. The second-order valence-electron chi connectivity index (χ2n) is 5.02. The summed E-state index contributed by atoms with van der Waals surface area (Å²) >= 11 is 0. The third kappa shape index (κ3) is 3.72. The number of methoxy groups -OCH3 is 1. The van der Waals surface area contributed by atoms with Crippen molar-refractivity contribution in [2.45, 2.75) is 12.8 Å². The van der Waals surface area contributed by atoms with E-state index >= 15 is 0 Å². The van der Waals surface area contributed by atoms with Gasteiger partial charge >= 0.3 is 12.0 Å². The van der Waals surface area contributed by atoms with E-state index in [1.54, 1.807) is 4.90 Å². The van der Waals surface area contributed by atoms with Gasteiger partial charge in [-0.05, 0) is 25.0 Å². The Bertz CT molecular complexity index is 564. The van der Waals surface area contributed by atoms with E-state index in [0.717, 1.165) is 0 Å². The van der Waals surface area contributed by atoms with Crippen LogP contribution in [0.4, 0.5) is 16.2 Å². The van der Waals surface area contributed by atoms with Gasteiger partial charge in [-0.25, -0.2) is 4.79 Å². The summed E-state index contributed by atoms with van der Waals surface area (Å²) in [6.07, 6.45) is 1.14. The van der Waals surface area contributed by atoms with Crippen molar-refractivity contribution in [1.82, 2.24) is 4.90 Å². The quantitative estimate of drug-likeness (QED) is 0.523. The van der Waals surface area contributed by atoms with Gasteiger partial charge in [0.2, 0.25) is 0 Å². The molecule has 1 aromatic carbocycles. The standard InChI is InChI=1S/C14H17N3O5/c1-22-13(18)10-6-8-16(9-7-10)14(19)15-11-2-4-12(5-3-11)17(20)21/h2-5,10H,6-9H2,1H3,(H,15,19). The Morgan fingerprint density at radius 2 is 1.86 bits per heavy atom. The smallest absolute Gasteiger partial charge is 0.321 e. The summed E-state index contributed by atoms with van der Waals surface area (Å²) in [5.74, 6) is -0.399. The van der Waals surface area contributed by atoms with E-state index in [1.807, 2.05) is 0 Å². The molecule has 22 heavy (non-hydrogen) atoms. The van der Waals surface area contributed by atoms with Crippen LogP contribution in [0.1, 0.15) is 12.8 Å². The first-order valence-corrected chi connectivity index (χ1v) is 6.89. The number of benzene rings is 1. The summed E-state index contributed by atoms with van der Waals surface area (Å²) in [6, 6.07) is 5.35. The van der Waals surface area contributed by atoms with Crippen LogP contribution in [-0.4, -0.2) is 42.0 Å². The molecule has 1 aromatic rings. The number of hydrogen-bond acceptors (Lipinski definition) is 5. The van der Waals surface area contributed by atoms with E-state index in [4.69, 9.17) is 4.74 Å². The third-order valence-corrected chi connectivity index (χ3v) is 3.65. The number of rotatable bonds is 3. The normalized spacial score (nSPS) is 15.2. The molecule has 2 rings (SSSR count). The minimum atomic E-state index is -0.497. The molecule has 0 spiro atoms. The highest BCUT2D eigenvalue weighted by molar-refractivity contribution is 5.89. The number of hydrogen-bond donors (Lipinski definition) is 1. The molecular formula is C14H17N3O5. The fourth-order valence-electron chi connectivity index (χ4n) is 2.35. The number of nitrogens with zero attached hydrogens (tertiary/aromatic N) is 2. The molecule has 118 valence electrons. The molecule has 0 atom stereocenters. The number of ether oxygens (including phenoxy) is 1. The summed E-state index contributed by atoms with van der Waals surface area (Å²) in [4.78, 5) is 35.2. The molecule has 1 N–H and O–H groups in total. The Morgan fingerprint density at radius 1 is 1.27 bits per heavy atom. The van der Waals surface area contributed by atoms with Crippen LogP contribution in [-0.2, 0) is 9.53 Å². The number of carbonyl (C=O) groups excluding carboxylic acids is 2. The van der Waals surface area contributed by atoms with Gasteiger partial charge in [-0.2, -0.15) is 0 Å². The van der Waals surface area contributed by atoms with Crippen LogP contribution in [0.15, 0.2) is 24.3 Å². The van der Waals surface area contributed by atoms with Crippen molar-refractivity contribution in [2.75, 3.05) is 25.5 Å². The first-order valence-electron chi connectivity index (χ1n) is 6.89. The van der Waals surface area contributed by atoms with Gasteiger partial charge in [-0.15, -0.1) is 0 Å². The Labute approximate surface area is 127 Å². The number of esters is 1. The predicted molar refractivity (Wildman–Crippen MR) is 78.4 cm³/mol. The van der Waals surface area contributed by atoms with Crippen molar-refractivity contribution in [2.24, 2.45) is 5.92 Å². The molecular weight excluding hydrogens is 290 g/mol. The predicted octanol–water partition coefficient (Wildman–Crippen LogP) is 2.01. The minimum Gasteiger partial charge on any atom is -0.469 e. The number of amides is 2. The molecule has 1 saturated heterocycles. The van der Waals surface area contributed by atoms with Gasteiger partial charge in [0.15, 0.2) is 0 Å². The summed E-state index contributed by atoms with van der Waals surface area (Å²) in [5.41, 5.74) is 0.461. The highest BCUT2D eigenvalue weighted by atomic mass is 16.6. The van der Waals surface area contributed by atoms with E-state index in [2.05, 4.69) is 5.32 Å². The largest absolute Gasteiger partial charge is 0.469 e. The van der Waals surface area contributed by atoms with Crippen molar-refractivity contribution in [1.29, 1.82) is 0 Å². The van der Waals surface area contributed by atoms with E-state index in [1.165, 1.54) is 31.4 Å². The molecule has 0 aromatic heterocycles. The fraction of sp³-hybridized carbons (Fsp3) is 0.429. The molecule has 1 heterocycles. The third-order valence-electron chi connectivity index (χ3n) is 3.65. The monoisotopic (exact) mass is 307 g/mol. The number of nitro groups is 1. The molecule has 0 unspecified atom stereocenters. The first-order chi connectivity index (χ1) is 10.5. The lowest BCUT2D eigenvalue weighted by atomic mass is 9.97. The number of non-ortho nitro benzene ring substituents is 1. The molecule has 0 aliphatic carbocycles. The lowest BCUT2D eigenvalue weighted by molar-refractivity contribution is -0.384. The van der Waals surface area contributed by atoms with E-state index in [0.29, 0.717) is 31.6 Å². The second kappa shape index (κ2) is 6.88. The van der Waals surface area contributed by atoms with Crippen LogP contribution in [0.3, 0.4) is 0 Å². The van der Waals surface area contributed by atoms with Gasteiger partial charge in [-0.1, -0.05) is 0 Å². The SMILES string of the molecule is COC(=O)C1CCN(C(=O)Nc2ccc([N+](=O)[O-])cc2)CC1. The molecule has 0 saturated carbocycles. The maximum atomic E-state index is 12.1. The Morgan fingerprint density at radius 3 is 2.36 bits per heavy atom. The molecule has 1 aliphatic heterocycles. The zero-order valence-electron chi connectivity index (χ0n) is 12.2. The number of piperidine rings is 1. The zero-order valence-corrected chi connectivity index (χ0v) is 12.2. The van der Waals surface area contributed by atoms with Crippen LogP contribution < -0.4 is 5.32 Å². The van der Waals surface area contributed by atoms with Crippen molar-refractivity contribution in [3.05, 3.63) is 34.4 Å². The van der Waals surface area contributed by atoms with Crippen LogP contribution in [0, 0.1) is 16.0 Å². The maximum Gasteiger partial charge on any atom is 0.321 e. The number of nitro benzene ring substituents is 1.